The number of esters is 1. The largest absolute Gasteiger partial charge is 0.465 e. The van der Waals surface area contributed by atoms with Crippen molar-refractivity contribution >= 4 is 27.7 Å². The van der Waals surface area contributed by atoms with Crippen LogP contribution < -0.4 is 0 Å². The lowest BCUT2D eigenvalue weighted by molar-refractivity contribution is -0.145. The van der Waals surface area contributed by atoms with Gasteiger partial charge in [0.25, 0.3) is 0 Å². The van der Waals surface area contributed by atoms with E-state index in [1.807, 2.05) is 0 Å². The van der Waals surface area contributed by atoms with Gasteiger partial charge in [0.2, 0.25) is 0 Å². The highest BCUT2D eigenvalue weighted by atomic mass is 79.9. The molecule has 0 fully saturated rings. The summed E-state index contributed by atoms with van der Waals surface area (Å²) in [7, 11) is 0. The molecule has 0 heterocycles. The molecule has 4 heteroatoms. The number of halogens is 1. The summed E-state index contributed by atoms with van der Waals surface area (Å²) in [4.78, 5) is 21.7. The minimum atomic E-state index is -0.416. The second-order valence-corrected chi connectivity index (χ2v) is 3.34. The Labute approximate surface area is 87.0 Å². The second kappa shape index (κ2) is 8.23. The Bertz CT molecular complexity index is 168. The van der Waals surface area contributed by atoms with Gasteiger partial charge in [-0.1, -0.05) is 35.7 Å². The van der Waals surface area contributed by atoms with E-state index < -0.39 is 5.97 Å². The minimum Gasteiger partial charge on any atom is -0.465 e. The number of hydrogen-bond donors (Lipinski definition) is 0. The SMILES string of the molecule is CCCCCOC(=O)CC(=O)CBr. The van der Waals surface area contributed by atoms with E-state index in [4.69, 9.17) is 4.74 Å². The van der Waals surface area contributed by atoms with Crippen molar-refractivity contribution in [3.05, 3.63) is 0 Å². The van der Waals surface area contributed by atoms with Crippen LogP contribution in [0.3, 0.4) is 0 Å². The molecule has 0 spiro atoms. The topological polar surface area (TPSA) is 43.4 Å². The molecule has 3 nitrogen and oxygen atoms in total. The lowest BCUT2D eigenvalue weighted by atomic mass is 10.3. The van der Waals surface area contributed by atoms with E-state index in [-0.39, 0.29) is 17.5 Å². The molecule has 0 aliphatic rings. The van der Waals surface area contributed by atoms with Gasteiger partial charge in [-0.15, -0.1) is 0 Å². The van der Waals surface area contributed by atoms with Gasteiger partial charge in [0.05, 0.1) is 11.9 Å². The average Bonchev–Trinajstić information content (AvgIpc) is 2.12. The van der Waals surface area contributed by atoms with Crippen molar-refractivity contribution < 1.29 is 14.3 Å². The molecule has 0 N–H and O–H groups in total. The number of ether oxygens (including phenoxy) is 1. The van der Waals surface area contributed by atoms with Crippen molar-refractivity contribution in [1.82, 2.24) is 0 Å². The van der Waals surface area contributed by atoms with Gasteiger partial charge in [0.15, 0.2) is 5.78 Å². The third-order valence-electron chi connectivity index (χ3n) is 1.50. The highest BCUT2D eigenvalue weighted by Gasteiger charge is 2.08. The van der Waals surface area contributed by atoms with Crippen LogP contribution in [0.4, 0.5) is 0 Å². The van der Waals surface area contributed by atoms with Crippen LogP contribution in [0.15, 0.2) is 0 Å². The Balaban J connectivity index is 3.35. The van der Waals surface area contributed by atoms with Gasteiger partial charge in [-0.05, 0) is 6.42 Å². The second-order valence-electron chi connectivity index (χ2n) is 2.78. The van der Waals surface area contributed by atoms with E-state index in [0.717, 1.165) is 19.3 Å². The maximum absolute atomic E-state index is 10.9. The van der Waals surface area contributed by atoms with Crippen LogP contribution in [-0.2, 0) is 14.3 Å². The minimum absolute atomic E-state index is 0.114. The zero-order chi connectivity index (χ0) is 10.1. The predicted octanol–water partition coefficient (Wildman–Crippen LogP) is 2.07. The molecule has 0 rings (SSSR count). The van der Waals surface area contributed by atoms with Gasteiger partial charge in [-0.2, -0.15) is 0 Å². The molecule has 0 aromatic rings. The number of hydrogen-bond acceptors (Lipinski definition) is 3. The fourth-order valence-corrected chi connectivity index (χ4v) is 0.996. The first-order valence-electron chi connectivity index (χ1n) is 4.44. The lowest BCUT2D eigenvalue weighted by Crippen LogP contribution is -2.12. The molecule has 76 valence electrons. The maximum atomic E-state index is 10.9. The Morgan fingerprint density at radius 2 is 2.00 bits per heavy atom. The van der Waals surface area contributed by atoms with Crippen LogP contribution >= 0.6 is 15.9 Å². The summed E-state index contributed by atoms with van der Waals surface area (Å²) in [5.41, 5.74) is 0. The summed E-state index contributed by atoms with van der Waals surface area (Å²) in [6, 6.07) is 0. The lowest BCUT2D eigenvalue weighted by Gasteiger charge is -2.02. The van der Waals surface area contributed by atoms with Crippen LogP contribution in [0.5, 0.6) is 0 Å². The molecule has 0 atom stereocenters. The Morgan fingerprint density at radius 3 is 2.54 bits per heavy atom. The molecule has 0 bridgehead atoms. The zero-order valence-electron chi connectivity index (χ0n) is 7.85. The van der Waals surface area contributed by atoms with Crippen LogP contribution in [-0.4, -0.2) is 23.7 Å². The molecule has 0 aromatic heterocycles. The van der Waals surface area contributed by atoms with Crippen molar-refractivity contribution in [2.75, 3.05) is 11.9 Å². The van der Waals surface area contributed by atoms with Crippen molar-refractivity contribution in [1.29, 1.82) is 0 Å². The molecular weight excluding hydrogens is 236 g/mol. The third-order valence-corrected chi connectivity index (χ3v) is 2.13. The van der Waals surface area contributed by atoms with E-state index in [2.05, 4.69) is 22.9 Å². The summed E-state index contributed by atoms with van der Waals surface area (Å²) < 4.78 is 4.84. The van der Waals surface area contributed by atoms with Gasteiger partial charge >= 0.3 is 5.97 Å². The van der Waals surface area contributed by atoms with Crippen LogP contribution in [0, 0.1) is 0 Å². The first-order chi connectivity index (χ1) is 6.20. The number of unbranched alkanes of at least 4 members (excludes halogenated alkanes) is 2. The maximum Gasteiger partial charge on any atom is 0.313 e. The smallest absolute Gasteiger partial charge is 0.313 e. The molecule has 0 aliphatic heterocycles. The first kappa shape index (κ1) is 12.6. The highest BCUT2D eigenvalue weighted by Crippen LogP contribution is 1.97. The van der Waals surface area contributed by atoms with Crippen molar-refractivity contribution in [2.45, 2.75) is 32.6 Å². The summed E-state index contributed by atoms with van der Waals surface area (Å²) in [5.74, 6) is -0.555. The summed E-state index contributed by atoms with van der Waals surface area (Å²) in [6.07, 6.45) is 2.92. The number of rotatable bonds is 7. The van der Waals surface area contributed by atoms with Crippen molar-refractivity contribution in [3.8, 4) is 0 Å². The standard InChI is InChI=1S/C9H15BrO3/c1-2-3-4-5-13-9(12)6-8(11)7-10/h2-7H2,1H3. The molecule has 0 aromatic carbocycles. The molecule has 0 amide bonds. The Kier molecular flexibility index (Phi) is 7.99. The third kappa shape index (κ3) is 7.96. The summed E-state index contributed by atoms with van der Waals surface area (Å²) in [6.45, 7) is 2.51. The van der Waals surface area contributed by atoms with E-state index >= 15 is 0 Å². The monoisotopic (exact) mass is 250 g/mol. The van der Waals surface area contributed by atoms with E-state index in [0.29, 0.717) is 6.61 Å². The van der Waals surface area contributed by atoms with E-state index in [1.54, 1.807) is 0 Å². The number of ketones is 1. The molecule has 0 unspecified atom stereocenters. The molecule has 0 radical (unpaired) electrons. The van der Waals surface area contributed by atoms with Gasteiger partial charge in [-0.25, -0.2) is 0 Å². The molecule has 0 saturated heterocycles. The quantitative estimate of drug-likeness (QED) is 0.301. The van der Waals surface area contributed by atoms with E-state index in [1.165, 1.54) is 0 Å². The van der Waals surface area contributed by atoms with Crippen LogP contribution in [0.1, 0.15) is 32.6 Å². The fourth-order valence-electron chi connectivity index (χ4n) is 0.797. The summed E-state index contributed by atoms with van der Waals surface area (Å²) in [5, 5.41) is 0.219. The number of alkyl halides is 1. The molecule has 13 heavy (non-hydrogen) atoms. The highest BCUT2D eigenvalue weighted by molar-refractivity contribution is 9.09. The number of Topliss-reactive ketones (excluding diaryl/α,β-unsaturated/α-hetero) is 1. The normalized spacial score (nSPS) is 9.69. The molecule has 0 saturated carbocycles. The predicted molar refractivity (Wildman–Crippen MR) is 53.9 cm³/mol. The Morgan fingerprint density at radius 1 is 1.31 bits per heavy atom. The molecule has 0 aliphatic carbocycles. The average molecular weight is 251 g/mol. The Hall–Kier alpha value is -0.380. The van der Waals surface area contributed by atoms with Crippen molar-refractivity contribution in [3.63, 3.8) is 0 Å². The zero-order valence-corrected chi connectivity index (χ0v) is 9.43. The first-order valence-corrected chi connectivity index (χ1v) is 5.56. The van der Waals surface area contributed by atoms with Gasteiger partial charge < -0.3 is 4.74 Å². The van der Waals surface area contributed by atoms with Crippen LogP contribution in [0.2, 0.25) is 0 Å². The van der Waals surface area contributed by atoms with Gasteiger partial charge in [-0.3, -0.25) is 9.59 Å². The molecular formula is C9H15BrO3. The van der Waals surface area contributed by atoms with Crippen LogP contribution in [0.25, 0.3) is 0 Å². The summed E-state index contributed by atoms with van der Waals surface area (Å²) >= 11 is 2.98. The number of carbonyl (C=O) groups is 2. The van der Waals surface area contributed by atoms with Gasteiger partial charge in [0.1, 0.15) is 6.42 Å². The van der Waals surface area contributed by atoms with Crippen molar-refractivity contribution in [2.24, 2.45) is 0 Å². The fraction of sp³-hybridized carbons (Fsp3) is 0.778. The van der Waals surface area contributed by atoms with E-state index in [9.17, 15) is 9.59 Å². The van der Waals surface area contributed by atoms with Gasteiger partial charge in [0, 0.05) is 0 Å². The number of carbonyl (C=O) groups excluding carboxylic acids is 2.